The Morgan fingerprint density at radius 2 is 1.76 bits per heavy atom. The van der Waals surface area contributed by atoms with Gasteiger partial charge in [0.1, 0.15) is 0 Å². The van der Waals surface area contributed by atoms with Gasteiger partial charge < -0.3 is 20.7 Å². The van der Waals surface area contributed by atoms with Crippen molar-refractivity contribution in [2.45, 2.75) is 32.6 Å². The third-order valence-corrected chi connectivity index (χ3v) is 3.79. The van der Waals surface area contributed by atoms with Crippen LogP contribution in [-0.4, -0.2) is 52.3 Å². The van der Waals surface area contributed by atoms with E-state index >= 15 is 0 Å². The molecule has 0 bridgehead atoms. The number of ether oxygens (including phenoxy) is 1. The van der Waals surface area contributed by atoms with Gasteiger partial charge in [-0.2, -0.15) is 0 Å². The molecule has 0 spiro atoms. The molecular formula is C19H32N4O2. The van der Waals surface area contributed by atoms with Crippen molar-refractivity contribution in [3.63, 3.8) is 0 Å². The SMILES string of the molecule is CN=C(NCCc1ccc(C(C)(C)C)cc1)NCC(=O)NCCOC. The molecule has 140 valence electrons. The van der Waals surface area contributed by atoms with Crippen LogP contribution in [0.1, 0.15) is 31.9 Å². The zero-order valence-corrected chi connectivity index (χ0v) is 16.1. The van der Waals surface area contributed by atoms with Gasteiger partial charge in [-0.3, -0.25) is 9.79 Å². The molecule has 0 atom stereocenters. The highest BCUT2D eigenvalue weighted by Crippen LogP contribution is 2.22. The minimum atomic E-state index is -0.0854. The van der Waals surface area contributed by atoms with E-state index in [4.69, 9.17) is 4.74 Å². The number of methoxy groups -OCH3 is 1. The first kappa shape index (κ1) is 21.0. The molecule has 0 fully saturated rings. The number of carbonyl (C=O) groups is 1. The summed E-state index contributed by atoms with van der Waals surface area (Å²) >= 11 is 0. The van der Waals surface area contributed by atoms with Gasteiger partial charge in [-0.25, -0.2) is 0 Å². The molecule has 1 rings (SSSR count). The van der Waals surface area contributed by atoms with E-state index in [0.29, 0.717) is 19.1 Å². The van der Waals surface area contributed by atoms with Crippen molar-refractivity contribution in [1.29, 1.82) is 0 Å². The molecule has 1 amide bonds. The van der Waals surface area contributed by atoms with E-state index in [1.54, 1.807) is 14.2 Å². The van der Waals surface area contributed by atoms with Crippen LogP contribution in [0, 0.1) is 0 Å². The molecule has 3 N–H and O–H groups in total. The Kier molecular flexibility index (Phi) is 8.99. The second-order valence-electron chi connectivity index (χ2n) is 6.89. The molecule has 6 nitrogen and oxygen atoms in total. The fourth-order valence-electron chi connectivity index (χ4n) is 2.24. The van der Waals surface area contributed by atoms with Gasteiger partial charge in [0.2, 0.25) is 5.91 Å². The van der Waals surface area contributed by atoms with Gasteiger partial charge in [0.05, 0.1) is 13.2 Å². The number of nitrogens with one attached hydrogen (secondary N) is 3. The zero-order chi connectivity index (χ0) is 18.7. The summed E-state index contributed by atoms with van der Waals surface area (Å²) in [6.07, 6.45) is 0.894. The van der Waals surface area contributed by atoms with Crippen LogP contribution >= 0.6 is 0 Å². The van der Waals surface area contributed by atoms with E-state index in [9.17, 15) is 4.79 Å². The molecule has 0 aliphatic rings. The van der Waals surface area contributed by atoms with Crippen LogP contribution in [-0.2, 0) is 21.4 Å². The lowest BCUT2D eigenvalue weighted by Gasteiger charge is -2.19. The van der Waals surface area contributed by atoms with Crippen LogP contribution in [0.25, 0.3) is 0 Å². The summed E-state index contributed by atoms with van der Waals surface area (Å²) in [5, 5.41) is 8.97. The smallest absolute Gasteiger partial charge is 0.239 e. The number of nitrogens with zero attached hydrogens (tertiary/aromatic N) is 1. The average Bonchev–Trinajstić information content (AvgIpc) is 2.57. The highest BCUT2D eigenvalue weighted by Gasteiger charge is 2.12. The first-order valence-corrected chi connectivity index (χ1v) is 8.66. The summed E-state index contributed by atoms with van der Waals surface area (Å²) in [5.41, 5.74) is 2.78. The second-order valence-corrected chi connectivity index (χ2v) is 6.89. The van der Waals surface area contributed by atoms with Crippen molar-refractivity contribution in [2.24, 2.45) is 4.99 Å². The van der Waals surface area contributed by atoms with Crippen LogP contribution in [0.2, 0.25) is 0 Å². The van der Waals surface area contributed by atoms with Gasteiger partial charge in [0.15, 0.2) is 5.96 Å². The Bertz CT molecular complexity index is 548. The molecule has 0 aliphatic carbocycles. The van der Waals surface area contributed by atoms with Gasteiger partial charge in [-0.05, 0) is 23.0 Å². The molecule has 0 radical (unpaired) electrons. The van der Waals surface area contributed by atoms with E-state index in [1.165, 1.54) is 11.1 Å². The van der Waals surface area contributed by atoms with E-state index in [2.05, 4.69) is 66.0 Å². The summed E-state index contributed by atoms with van der Waals surface area (Å²) in [6.45, 7) is 8.59. The first-order valence-electron chi connectivity index (χ1n) is 8.66. The molecule has 0 aromatic heterocycles. The molecule has 1 aromatic carbocycles. The van der Waals surface area contributed by atoms with Crippen molar-refractivity contribution in [3.05, 3.63) is 35.4 Å². The van der Waals surface area contributed by atoms with E-state index in [0.717, 1.165) is 13.0 Å². The molecule has 0 saturated heterocycles. The van der Waals surface area contributed by atoms with Crippen LogP contribution in [0.15, 0.2) is 29.3 Å². The Hall–Kier alpha value is -2.08. The van der Waals surface area contributed by atoms with Crippen LogP contribution in [0.4, 0.5) is 0 Å². The Morgan fingerprint density at radius 3 is 2.32 bits per heavy atom. The van der Waals surface area contributed by atoms with Crippen LogP contribution in [0.5, 0.6) is 0 Å². The Morgan fingerprint density at radius 1 is 1.08 bits per heavy atom. The standard InChI is InChI=1S/C19H32N4O2/c1-19(2,3)16-8-6-15(7-9-16)10-11-22-18(20-4)23-14-17(24)21-12-13-25-5/h6-9H,10-14H2,1-5H3,(H,21,24)(H2,20,22,23). The first-order chi connectivity index (χ1) is 11.9. The number of rotatable bonds is 8. The minimum Gasteiger partial charge on any atom is -0.383 e. The van der Waals surface area contributed by atoms with Gasteiger partial charge in [-0.1, -0.05) is 45.0 Å². The fourth-order valence-corrected chi connectivity index (χ4v) is 2.24. The monoisotopic (exact) mass is 348 g/mol. The molecule has 0 aliphatic heterocycles. The van der Waals surface area contributed by atoms with Crippen molar-refractivity contribution in [2.75, 3.05) is 40.4 Å². The van der Waals surface area contributed by atoms with Crippen molar-refractivity contribution in [3.8, 4) is 0 Å². The summed E-state index contributed by atoms with van der Waals surface area (Å²) in [5.74, 6) is 0.533. The molecule has 25 heavy (non-hydrogen) atoms. The third kappa shape index (κ3) is 8.54. The molecular weight excluding hydrogens is 316 g/mol. The number of hydrogen-bond acceptors (Lipinski definition) is 3. The van der Waals surface area contributed by atoms with Gasteiger partial charge in [0.25, 0.3) is 0 Å². The summed E-state index contributed by atoms with van der Waals surface area (Å²) in [7, 11) is 3.29. The molecule has 0 heterocycles. The van der Waals surface area contributed by atoms with Crippen molar-refractivity contribution in [1.82, 2.24) is 16.0 Å². The number of benzene rings is 1. The number of amides is 1. The summed E-state index contributed by atoms with van der Waals surface area (Å²) < 4.78 is 4.89. The van der Waals surface area contributed by atoms with Gasteiger partial charge >= 0.3 is 0 Å². The quantitative estimate of drug-likeness (QED) is 0.378. The van der Waals surface area contributed by atoms with Crippen molar-refractivity contribution >= 4 is 11.9 Å². The minimum absolute atomic E-state index is 0.0854. The lowest BCUT2D eigenvalue weighted by atomic mass is 9.86. The largest absolute Gasteiger partial charge is 0.383 e. The maximum atomic E-state index is 11.6. The second kappa shape index (κ2) is 10.7. The summed E-state index contributed by atoms with van der Waals surface area (Å²) in [4.78, 5) is 15.8. The average molecular weight is 348 g/mol. The van der Waals surface area contributed by atoms with Crippen LogP contribution < -0.4 is 16.0 Å². The molecule has 0 unspecified atom stereocenters. The van der Waals surface area contributed by atoms with Gasteiger partial charge in [-0.15, -0.1) is 0 Å². The van der Waals surface area contributed by atoms with E-state index in [1.807, 2.05) is 0 Å². The molecule has 6 heteroatoms. The van der Waals surface area contributed by atoms with Crippen molar-refractivity contribution < 1.29 is 9.53 Å². The van der Waals surface area contributed by atoms with E-state index in [-0.39, 0.29) is 17.9 Å². The summed E-state index contributed by atoms with van der Waals surface area (Å²) in [6, 6.07) is 8.71. The topological polar surface area (TPSA) is 74.8 Å². The fraction of sp³-hybridized carbons (Fsp3) is 0.579. The number of aliphatic imine (C=N–C) groups is 1. The van der Waals surface area contributed by atoms with Gasteiger partial charge in [0, 0.05) is 27.2 Å². The maximum Gasteiger partial charge on any atom is 0.239 e. The number of guanidine groups is 1. The molecule has 1 aromatic rings. The molecule has 0 saturated carbocycles. The van der Waals surface area contributed by atoms with E-state index < -0.39 is 0 Å². The number of hydrogen-bond donors (Lipinski definition) is 3. The lowest BCUT2D eigenvalue weighted by Crippen LogP contribution is -2.44. The highest BCUT2D eigenvalue weighted by molar-refractivity contribution is 5.86. The highest BCUT2D eigenvalue weighted by atomic mass is 16.5. The number of carbonyl (C=O) groups excluding carboxylic acids is 1. The Labute approximate surface area is 151 Å². The zero-order valence-electron chi connectivity index (χ0n) is 16.1. The predicted octanol–water partition coefficient (Wildman–Crippen LogP) is 1.45. The third-order valence-electron chi connectivity index (χ3n) is 3.79. The maximum absolute atomic E-state index is 11.6. The predicted molar refractivity (Wildman–Crippen MR) is 103 cm³/mol. The Balaban J connectivity index is 2.32. The van der Waals surface area contributed by atoms with Crippen LogP contribution in [0.3, 0.4) is 0 Å². The lowest BCUT2D eigenvalue weighted by molar-refractivity contribution is -0.120. The normalized spacial score (nSPS) is 12.0.